The van der Waals surface area contributed by atoms with Gasteiger partial charge in [0, 0.05) is 13.3 Å². The first-order valence-electron chi connectivity index (χ1n) is 8.78. The molecule has 1 unspecified atom stereocenters. The molecule has 0 spiro atoms. The summed E-state index contributed by atoms with van der Waals surface area (Å²) in [6.45, 7) is 5.91. The fourth-order valence-electron chi connectivity index (χ4n) is 2.68. The van der Waals surface area contributed by atoms with Gasteiger partial charge in [-0.15, -0.1) is 10.2 Å². The molecule has 1 aromatic carbocycles. The van der Waals surface area contributed by atoms with Gasteiger partial charge in [-0.25, -0.2) is 4.39 Å². The standard InChI is InChI=1S/C19H26FN3O2/c1-13(2)12-17(19-23-22-14(3)25-19)21-18(24)7-5-4-6-15-8-10-16(20)11-9-15/h8-11,13,17H,4-7,12H2,1-3H3,(H,21,24). The van der Waals surface area contributed by atoms with Crippen molar-refractivity contribution in [3.63, 3.8) is 0 Å². The monoisotopic (exact) mass is 347 g/mol. The molecule has 0 aliphatic heterocycles. The Morgan fingerprint density at radius 1 is 1.20 bits per heavy atom. The molecule has 1 atom stereocenters. The molecule has 5 nitrogen and oxygen atoms in total. The molecule has 1 heterocycles. The van der Waals surface area contributed by atoms with Gasteiger partial charge in [-0.2, -0.15) is 0 Å². The number of nitrogens with zero attached hydrogens (tertiary/aromatic N) is 2. The van der Waals surface area contributed by atoms with E-state index in [1.54, 1.807) is 19.1 Å². The van der Waals surface area contributed by atoms with Crippen LogP contribution in [0.1, 0.15) is 62.9 Å². The minimum atomic E-state index is -0.245. The molecule has 1 amide bonds. The highest BCUT2D eigenvalue weighted by Crippen LogP contribution is 2.20. The minimum Gasteiger partial charge on any atom is -0.423 e. The first-order chi connectivity index (χ1) is 11.9. The van der Waals surface area contributed by atoms with Crippen LogP contribution in [0.2, 0.25) is 0 Å². The average molecular weight is 347 g/mol. The lowest BCUT2D eigenvalue weighted by Crippen LogP contribution is -2.29. The highest BCUT2D eigenvalue weighted by atomic mass is 19.1. The Kier molecular flexibility index (Phi) is 7.10. The van der Waals surface area contributed by atoms with Crippen molar-refractivity contribution in [1.82, 2.24) is 15.5 Å². The van der Waals surface area contributed by atoms with Crippen LogP contribution in [0.15, 0.2) is 28.7 Å². The second kappa shape index (κ2) is 9.30. The summed E-state index contributed by atoms with van der Waals surface area (Å²) in [5.41, 5.74) is 1.08. The van der Waals surface area contributed by atoms with Crippen molar-refractivity contribution < 1.29 is 13.6 Å². The number of aromatic nitrogens is 2. The van der Waals surface area contributed by atoms with Crippen molar-refractivity contribution in [3.05, 3.63) is 47.4 Å². The van der Waals surface area contributed by atoms with Gasteiger partial charge in [-0.1, -0.05) is 26.0 Å². The molecule has 25 heavy (non-hydrogen) atoms. The number of rotatable bonds is 9. The van der Waals surface area contributed by atoms with Crippen molar-refractivity contribution in [1.29, 1.82) is 0 Å². The van der Waals surface area contributed by atoms with Gasteiger partial charge in [0.2, 0.25) is 17.7 Å². The zero-order valence-corrected chi connectivity index (χ0v) is 15.1. The minimum absolute atomic E-state index is 0.0133. The Bertz CT molecular complexity index is 668. The van der Waals surface area contributed by atoms with Crippen LogP contribution < -0.4 is 5.32 Å². The summed E-state index contributed by atoms with van der Waals surface area (Å²) >= 11 is 0. The van der Waals surface area contributed by atoms with Crippen LogP contribution >= 0.6 is 0 Å². The predicted octanol–water partition coefficient (Wildman–Crippen LogP) is 4.13. The van der Waals surface area contributed by atoms with Gasteiger partial charge in [0.15, 0.2) is 0 Å². The van der Waals surface area contributed by atoms with Gasteiger partial charge in [0.25, 0.3) is 0 Å². The van der Waals surface area contributed by atoms with E-state index >= 15 is 0 Å². The molecule has 0 saturated carbocycles. The maximum absolute atomic E-state index is 12.9. The smallest absolute Gasteiger partial charge is 0.238 e. The van der Waals surface area contributed by atoms with Crippen molar-refractivity contribution in [3.8, 4) is 0 Å². The summed E-state index contributed by atoms with van der Waals surface area (Å²) in [6, 6.07) is 6.25. The van der Waals surface area contributed by atoms with Crippen LogP contribution in [0.25, 0.3) is 0 Å². The van der Waals surface area contributed by atoms with Crippen LogP contribution in [0, 0.1) is 18.7 Å². The summed E-state index contributed by atoms with van der Waals surface area (Å²) in [5, 5.41) is 10.9. The third kappa shape index (κ3) is 6.64. The number of carbonyl (C=O) groups is 1. The van der Waals surface area contributed by atoms with Gasteiger partial charge >= 0.3 is 0 Å². The second-order valence-electron chi connectivity index (χ2n) is 6.74. The van der Waals surface area contributed by atoms with E-state index in [9.17, 15) is 9.18 Å². The molecule has 0 aliphatic carbocycles. The second-order valence-corrected chi connectivity index (χ2v) is 6.74. The van der Waals surface area contributed by atoms with Crippen molar-refractivity contribution in [2.75, 3.05) is 0 Å². The zero-order chi connectivity index (χ0) is 18.2. The summed E-state index contributed by atoms with van der Waals surface area (Å²) in [5.74, 6) is 1.12. The van der Waals surface area contributed by atoms with E-state index in [4.69, 9.17) is 4.42 Å². The zero-order valence-electron chi connectivity index (χ0n) is 15.1. The van der Waals surface area contributed by atoms with Gasteiger partial charge in [-0.05, 0) is 49.3 Å². The molecule has 0 aliphatic rings. The maximum Gasteiger partial charge on any atom is 0.238 e. The number of nitrogens with one attached hydrogen (secondary N) is 1. The summed E-state index contributed by atoms with van der Waals surface area (Å²) < 4.78 is 18.3. The van der Waals surface area contributed by atoms with Crippen LogP contribution in [0.4, 0.5) is 4.39 Å². The first kappa shape index (κ1) is 19.1. The normalized spacial score (nSPS) is 12.4. The van der Waals surface area contributed by atoms with E-state index in [2.05, 4.69) is 29.4 Å². The van der Waals surface area contributed by atoms with E-state index in [0.29, 0.717) is 24.1 Å². The lowest BCUT2D eigenvalue weighted by molar-refractivity contribution is -0.122. The summed E-state index contributed by atoms with van der Waals surface area (Å²) in [7, 11) is 0. The van der Waals surface area contributed by atoms with E-state index in [-0.39, 0.29) is 17.8 Å². The number of hydrogen-bond donors (Lipinski definition) is 1. The maximum atomic E-state index is 12.9. The topological polar surface area (TPSA) is 68.0 Å². The molecule has 6 heteroatoms. The third-order valence-electron chi connectivity index (χ3n) is 3.91. The van der Waals surface area contributed by atoms with E-state index in [0.717, 1.165) is 31.2 Å². The van der Waals surface area contributed by atoms with E-state index in [1.165, 1.54) is 12.1 Å². The SMILES string of the molecule is Cc1nnc(C(CC(C)C)NC(=O)CCCCc2ccc(F)cc2)o1. The Morgan fingerprint density at radius 3 is 2.52 bits per heavy atom. The number of hydrogen-bond acceptors (Lipinski definition) is 4. The fourth-order valence-corrected chi connectivity index (χ4v) is 2.68. The van der Waals surface area contributed by atoms with Crippen molar-refractivity contribution >= 4 is 5.91 Å². The van der Waals surface area contributed by atoms with Crippen LogP contribution in [-0.2, 0) is 11.2 Å². The Labute approximate surface area is 148 Å². The molecule has 2 rings (SSSR count). The molecule has 136 valence electrons. The molecule has 0 radical (unpaired) electrons. The summed E-state index contributed by atoms with van der Waals surface area (Å²) in [6.07, 6.45) is 3.70. The van der Waals surface area contributed by atoms with Gasteiger partial charge < -0.3 is 9.73 Å². The predicted molar refractivity (Wildman–Crippen MR) is 93.3 cm³/mol. The molecule has 1 aromatic heterocycles. The van der Waals surface area contributed by atoms with E-state index < -0.39 is 0 Å². The molecule has 0 bridgehead atoms. The average Bonchev–Trinajstić information content (AvgIpc) is 2.99. The highest BCUT2D eigenvalue weighted by molar-refractivity contribution is 5.76. The first-order valence-corrected chi connectivity index (χ1v) is 8.78. The van der Waals surface area contributed by atoms with Crippen LogP contribution in [0.3, 0.4) is 0 Å². The molecule has 0 fully saturated rings. The van der Waals surface area contributed by atoms with Gasteiger partial charge in [-0.3, -0.25) is 4.79 Å². The Morgan fingerprint density at radius 2 is 1.92 bits per heavy atom. The van der Waals surface area contributed by atoms with Gasteiger partial charge in [0.05, 0.1) is 0 Å². The summed E-state index contributed by atoms with van der Waals surface area (Å²) in [4.78, 5) is 12.2. The number of halogens is 1. The van der Waals surface area contributed by atoms with Crippen LogP contribution in [-0.4, -0.2) is 16.1 Å². The highest BCUT2D eigenvalue weighted by Gasteiger charge is 2.21. The van der Waals surface area contributed by atoms with Gasteiger partial charge in [0.1, 0.15) is 11.9 Å². The number of benzene rings is 1. The molecule has 1 N–H and O–H groups in total. The Balaban J connectivity index is 1.77. The largest absolute Gasteiger partial charge is 0.423 e. The third-order valence-corrected chi connectivity index (χ3v) is 3.91. The Hall–Kier alpha value is -2.24. The van der Waals surface area contributed by atoms with Crippen molar-refractivity contribution in [2.45, 2.75) is 58.9 Å². The molecular formula is C19H26FN3O2. The molecule has 0 saturated heterocycles. The number of unbranched alkanes of at least 4 members (excludes halogenated alkanes) is 1. The lowest BCUT2D eigenvalue weighted by atomic mass is 10.0. The molecular weight excluding hydrogens is 321 g/mol. The number of amides is 1. The van der Waals surface area contributed by atoms with E-state index in [1.807, 2.05) is 0 Å². The fraction of sp³-hybridized carbons (Fsp3) is 0.526. The lowest BCUT2D eigenvalue weighted by Gasteiger charge is -2.17. The quantitative estimate of drug-likeness (QED) is 0.693. The molecule has 2 aromatic rings. The van der Waals surface area contributed by atoms with Crippen molar-refractivity contribution in [2.24, 2.45) is 5.92 Å². The number of carbonyl (C=O) groups excluding carboxylic acids is 1. The number of aryl methyl sites for hydroxylation is 2. The van der Waals surface area contributed by atoms with Crippen LogP contribution in [0.5, 0.6) is 0 Å².